The molecule has 5 aromatic rings. The SMILES string of the molecule is CCC(=O)c1cc(Oc2nc3cc(-c4ccc5c(c4)cc(C(=O)O)n5C)c(Cl)cc3[nH]2)ccc1C. The molecule has 35 heavy (non-hydrogen) atoms. The fraction of sp³-hybridized carbons (Fsp3) is 0.148. The van der Waals surface area contributed by atoms with Crippen molar-refractivity contribution in [3.05, 3.63) is 76.4 Å². The summed E-state index contributed by atoms with van der Waals surface area (Å²) in [5, 5.41) is 10.7. The van der Waals surface area contributed by atoms with Crippen LogP contribution in [0.25, 0.3) is 33.1 Å². The second kappa shape index (κ2) is 8.60. The molecule has 5 rings (SSSR count). The molecule has 0 saturated heterocycles. The predicted molar refractivity (Wildman–Crippen MR) is 136 cm³/mol. The van der Waals surface area contributed by atoms with Gasteiger partial charge in [0.05, 0.1) is 16.1 Å². The summed E-state index contributed by atoms with van der Waals surface area (Å²) < 4.78 is 7.56. The summed E-state index contributed by atoms with van der Waals surface area (Å²) in [7, 11) is 1.73. The molecule has 0 saturated carbocycles. The highest BCUT2D eigenvalue weighted by atomic mass is 35.5. The normalized spacial score (nSPS) is 11.3. The van der Waals surface area contributed by atoms with E-state index in [-0.39, 0.29) is 17.5 Å². The quantitative estimate of drug-likeness (QED) is 0.258. The van der Waals surface area contributed by atoms with Crippen LogP contribution in [0.3, 0.4) is 0 Å². The number of ether oxygens (including phenoxy) is 1. The lowest BCUT2D eigenvalue weighted by atomic mass is 10.0. The molecule has 176 valence electrons. The Morgan fingerprint density at radius 3 is 2.66 bits per heavy atom. The minimum atomic E-state index is -0.978. The number of benzene rings is 3. The van der Waals surface area contributed by atoms with Crippen molar-refractivity contribution >= 4 is 45.3 Å². The second-order valence-corrected chi connectivity index (χ2v) is 8.82. The Bertz CT molecular complexity index is 1650. The summed E-state index contributed by atoms with van der Waals surface area (Å²) in [4.78, 5) is 31.4. The maximum absolute atomic E-state index is 12.2. The van der Waals surface area contributed by atoms with Gasteiger partial charge in [-0.25, -0.2) is 4.79 Å². The number of hydrogen-bond donors (Lipinski definition) is 2. The molecule has 0 fully saturated rings. The van der Waals surface area contributed by atoms with Gasteiger partial charge in [0.2, 0.25) is 0 Å². The van der Waals surface area contributed by atoms with Gasteiger partial charge in [-0.05, 0) is 60.5 Å². The van der Waals surface area contributed by atoms with Crippen LogP contribution in [0.1, 0.15) is 39.8 Å². The maximum Gasteiger partial charge on any atom is 0.352 e. The number of ketones is 1. The largest absolute Gasteiger partial charge is 0.477 e. The van der Waals surface area contributed by atoms with Gasteiger partial charge in [0.15, 0.2) is 5.78 Å². The number of carboxylic acid groups (broad SMARTS) is 1. The molecule has 8 heteroatoms. The van der Waals surface area contributed by atoms with Crippen LogP contribution in [0.15, 0.2) is 54.6 Å². The smallest absolute Gasteiger partial charge is 0.352 e. The Hall–Kier alpha value is -4.10. The molecule has 0 aliphatic carbocycles. The summed E-state index contributed by atoms with van der Waals surface area (Å²) in [6.07, 6.45) is 0.419. The minimum Gasteiger partial charge on any atom is -0.477 e. The van der Waals surface area contributed by atoms with Crippen LogP contribution in [0.4, 0.5) is 0 Å². The number of carbonyl (C=O) groups is 2. The van der Waals surface area contributed by atoms with E-state index in [1.165, 1.54) is 0 Å². The zero-order valence-corrected chi connectivity index (χ0v) is 20.1. The molecule has 3 aromatic carbocycles. The molecule has 0 amide bonds. The summed E-state index contributed by atoms with van der Waals surface area (Å²) in [6.45, 7) is 3.73. The van der Waals surface area contributed by atoms with E-state index in [0.29, 0.717) is 33.8 Å². The number of Topliss-reactive ketones (excluding diaryl/α,β-unsaturated/α-hetero) is 1. The van der Waals surface area contributed by atoms with E-state index in [1.54, 1.807) is 35.9 Å². The van der Waals surface area contributed by atoms with Crippen LogP contribution in [0.5, 0.6) is 11.8 Å². The van der Waals surface area contributed by atoms with Crippen molar-refractivity contribution in [1.29, 1.82) is 0 Å². The number of aromatic carboxylic acids is 1. The van der Waals surface area contributed by atoms with Gasteiger partial charge in [-0.2, -0.15) is 4.98 Å². The van der Waals surface area contributed by atoms with Crippen molar-refractivity contribution in [3.63, 3.8) is 0 Å². The molecule has 0 atom stereocenters. The number of rotatable bonds is 6. The highest BCUT2D eigenvalue weighted by Crippen LogP contribution is 2.35. The van der Waals surface area contributed by atoms with Gasteiger partial charge in [-0.3, -0.25) is 4.79 Å². The first-order chi connectivity index (χ1) is 16.7. The van der Waals surface area contributed by atoms with Gasteiger partial charge in [0.25, 0.3) is 6.01 Å². The lowest BCUT2D eigenvalue weighted by molar-refractivity contribution is 0.0687. The van der Waals surface area contributed by atoms with Crippen LogP contribution in [-0.2, 0) is 7.05 Å². The Morgan fingerprint density at radius 1 is 1.11 bits per heavy atom. The van der Waals surface area contributed by atoms with E-state index in [0.717, 1.165) is 27.6 Å². The van der Waals surface area contributed by atoms with Gasteiger partial charge < -0.3 is 19.4 Å². The number of imidazole rings is 1. The predicted octanol–water partition coefficient (Wildman–Crippen LogP) is 6.77. The number of halogens is 1. The van der Waals surface area contributed by atoms with Crippen LogP contribution < -0.4 is 4.74 Å². The topological polar surface area (TPSA) is 97.2 Å². The van der Waals surface area contributed by atoms with Gasteiger partial charge in [0, 0.05) is 35.5 Å². The first-order valence-corrected chi connectivity index (χ1v) is 11.5. The number of aromatic nitrogens is 3. The molecule has 2 heterocycles. The van der Waals surface area contributed by atoms with Crippen LogP contribution >= 0.6 is 11.6 Å². The number of carboxylic acids is 1. The van der Waals surface area contributed by atoms with Crippen molar-refractivity contribution in [2.24, 2.45) is 7.05 Å². The standard InChI is InChI=1S/C27H22ClN3O4/c1-4-25(32)18-11-17(7-5-14(18)2)35-27-29-21-12-19(20(28)13-22(21)30-27)15-6-8-23-16(9-15)10-24(26(33)34)31(23)3/h5-13H,4H2,1-3H3,(H,29,30)(H,33,34). The molecule has 0 spiro atoms. The van der Waals surface area contributed by atoms with E-state index < -0.39 is 5.97 Å². The van der Waals surface area contributed by atoms with E-state index >= 15 is 0 Å². The summed E-state index contributed by atoms with van der Waals surface area (Å²) in [5.74, 6) is -0.408. The van der Waals surface area contributed by atoms with E-state index in [2.05, 4.69) is 9.97 Å². The van der Waals surface area contributed by atoms with Crippen LogP contribution in [0.2, 0.25) is 5.02 Å². The Balaban J connectivity index is 1.51. The Kier molecular flexibility index (Phi) is 5.57. The number of H-pyrrole nitrogens is 1. The molecule has 2 N–H and O–H groups in total. The maximum atomic E-state index is 12.2. The molecule has 0 unspecified atom stereocenters. The molecule has 7 nitrogen and oxygen atoms in total. The molecular weight excluding hydrogens is 466 g/mol. The number of hydrogen-bond acceptors (Lipinski definition) is 4. The Morgan fingerprint density at radius 2 is 1.91 bits per heavy atom. The third kappa shape index (κ3) is 4.04. The lowest BCUT2D eigenvalue weighted by Gasteiger charge is -2.07. The number of carbonyl (C=O) groups excluding carboxylic acids is 1. The molecule has 0 radical (unpaired) electrons. The number of nitrogens with zero attached hydrogens (tertiary/aromatic N) is 2. The van der Waals surface area contributed by atoms with Gasteiger partial charge in [-0.15, -0.1) is 0 Å². The van der Waals surface area contributed by atoms with Crippen LogP contribution in [-0.4, -0.2) is 31.4 Å². The highest BCUT2D eigenvalue weighted by Gasteiger charge is 2.16. The number of aryl methyl sites for hydroxylation is 2. The van der Waals surface area contributed by atoms with Crippen molar-refractivity contribution in [1.82, 2.24) is 14.5 Å². The fourth-order valence-electron chi connectivity index (χ4n) is 4.27. The summed E-state index contributed by atoms with van der Waals surface area (Å²) >= 11 is 6.61. The molecule has 0 aliphatic heterocycles. The number of nitrogens with one attached hydrogen (secondary N) is 1. The van der Waals surface area contributed by atoms with Crippen molar-refractivity contribution < 1.29 is 19.4 Å². The average molecular weight is 488 g/mol. The molecule has 0 aliphatic rings. The monoisotopic (exact) mass is 487 g/mol. The van der Waals surface area contributed by atoms with Crippen LogP contribution in [0, 0.1) is 6.92 Å². The molecule has 2 aromatic heterocycles. The highest BCUT2D eigenvalue weighted by molar-refractivity contribution is 6.34. The molecular formula is C27H22ClN3O4. The zero-order valence-electron chi connectivity index (χ0n) is 19.3. The average Bonchev–Trinajstić information content (AvgIpc) is 3.38. The zero-order chi connectivity index (χ0) is 24.9. The summed E-state index contributed by atoms with van der Waals surface area (Å²) in [5.41, 5.74) is 5.55. The van der Waals surface area contributed by atoms with Crippen molar-refractivity contribution in [2.45, 2.75) is 20.3 Å². The lowest BCUT2D eigenvalue weighted by Crippen LogP contribution is -2.03. The van der Waals surface area contributed by atoms with Gasteiger partial charge >= 0.3 is 5.97 Å². The second-order valence-electron chi connectivity index (χ2n) is 8.41. The van der Waals surface area contributed by atoms with E-state index in [9.17, 15) is 14.7 Å². The molecule has 0 bridgehead atoms. The van der Waals surface area contributed by atoms with Gasteiger partial charge in [0.1, 0.15) is 11.4 Å². The first kappa shape index (κ1) is 22.7. The first-order valence-electron chi connectivity index (χ1n) is 11.1. The Labute approximate surface area is 205 Å². The third-order valence-electron chi connectivity index (χ3n) is 6.17. The van der Waals surface area contributed by atoms with E-state index in [4.69, 9.17) is 16.3 Å². The third-order valence-corrected chi connectivity index (χ3v) is 6.48. The van der Waals surface area contributed by atoms with Gasteiger partial charge in [-0.1, -0.05) is 30.7 Å². The minimum absolute atomic E-state index is 0.0554. The summed E-state index contributed by atoms with van der Waals surface area (Å²) in [6, 6.07) is 16.7. The number of fused-ring (bicyclic) bond motifs is 2. The van der Waals surface area contributed by atoms with Crippen molar-refractivity contribution in [3.8, 4) is 22.9 Å². The van der Waals surface area contributed by atoms with Crippen molar-refractivity contribution in [2.75, 3.05) is 0 Å². The fourth-order valence-corrected chi connectivity index (χ4v) is 4.54. The number of aromatic amines is 1. The van der Waals surface area contributed by atoms with E-state index in [1.807, 2.05) is 44.2 Å².